The van der Waals surface area contributed by atoms with E-state index in [9.17, 15) is 9.59 Å². The number of esters is 1. The Balaban J connectivity index is 1.87. The molecule has 138 valence electrons. The Morgan fingerprint density at radius 1 is 1.16 bits per heavy atom. The van der Waals surface area contributed by atoms with Crippen molar-refractivity contribution >= 4 is 11.9 Å². The van der Waals surface area contributed by atoms with Crippen LogP contribution >= 0.6 is 0 Å². The molecule has 6 heteroatoms. The minimum Gasteiger partial charge on any atom is -0.491 e. The van der Waals surface area contributed by atoms with Gasteiger partial charge in [-0.3, -0.25) is 10.1 Å². The van der Waals surface area contributed by atoms with Gasteiger partial charge in [-0.2, -0.15) is 0 Å². The van der Waals surface area contributed by atoms with Crippen molar-refractivity contribution in [2.24, 2.45) is 0 Å². The van der Waals surface area contributed by atoms with Gasteiger partial charge in [0.2, 0.25) is 5.91 Å². The molecule has 2 rings (SSSR count). The first-order valence-corrected chi connectivity index (χ1v) is 8.84. The zero-order chi connectivity index (χ0) is 18.1. The Labute approximate surface area is 149 Å². The molecule has 0 heterocycles. The Morgan fingerprint density at radius 3 is 2.48 bits per heavy atom. The minimum absolute atomic E-state index is 0.0419. The molecule has 1 unspecified atom stereocenters. The third kappa shape index (κ3) is 6.05. The van der Waals surface area contributed by atoms with Gasteiger partial charge in [-0.15, -0.1) is 0 Å². The minimum atomic E-state index is -1.10. The van der Waals surface area contributed by atoms with E-state index in [1.54, 1.807) is 6.92 Å². The van der Waals surface area contributed by atoms with Gasteiger partial charge >= 0.3 is 5.97 Å². The summed E-state index contributed by atoms with van der Waals surface area (Å²) in [4.78, 5) is 24.3. The molecule has 1 atom stereocenters. The summed E-state index contributed by atoms with van der Waals surface area (Å²) in [5, 5.41) is 6.02. The average molecular weight is 348 g/mol. The molecule has 0 aliphatic heterocycles. The van der Waals surface area contributed by atoms with Crippen molar-refractivity contribution < 1.29 is 19.1 Å². The van der Waals surface area contributed by atoms with Gasteiger partial charge in [-0.05, 0) is 31.9 Å². The molecular weight excluding hydrogens is 320 g/mol. The van der Waals surface area contributed by atoms with Gasteiger partial charge < -0.3 is 14.8 Å². The van der Waals surface area contributed by atoms with Crippen LogP contribution in [0.5, 0.6) is 5.75 Å². The van der Waals surface area contributed by atoms with E-state index in [-0.39, 0.29) is 25.1 Å². The number of para-hydroxylation sites is 1. The molecule has 1 aromatic rings. The molecule has 1 aromatic carbocycles. The maximum atomic E-state index is 12.2. The topological polar surface area (TPSA) is 76.7 Å². The molecule has 1 aliphatic rings. The van der Waals surface area contributed by atoms with E-state index < -0.39 is 11.5 Å². The van der Waals surface area contributed by atoms with Gasteiger partial charge in [0.25, 0.3) is 0 Å². The molecule has 0 bridgehead atoms. The second kappa shape index (κ2) is 9.42. The summed E-state index contributed by atoms with van der Waals surface area (Å²) in [5.41, 5.74) is -1.10. The highest BCUT2D eigenvalue weighted by atomic mass is 16.5. The van der Waals surface area contributed by atoms with E-state index in [0.29, 0.717) is 5.75 Å². The molecule has 0 saturated heterocycles. The number of hydrogen-bond acceptors (Lipinski definition) is 5. The molecule has 0 aromatic heterocycles. The molecule has 0 radical (unpaired) electrons. The van der Waals surface area contributed by atoms with Gasteiger partial charge in [-0.1, -0.05) is 37.5 Å². The Hall–Kier alpha value is -2.08. The highest BCUT2D eigenvalue weighted by Crippen LogP contribution is 2.17. The number of nitrogens with one attached hydrogen (secondary N) is 2. The van der Waals surface area contributed by atoms with Gasteiger partial charge in [0.05, 0.1) is 13.7 Å². The maximum absolute atomic E-state index is 12.2. The Morgan fingerprint density at radius 2 is 1.84 bits per heavy atom. The highest BCUT2D eigenvalue weighted by molar-refractivity contribution is 5.83. The first-order valence-electron chi connectivity index (χ1n) is 8.84. The summed E-state index contributed by atoms with van der Waals surface area (Å²) in [6.07, 6.45) is 5.60. The fourth-order valence-corrected chi connectivity index (χ4v) is 2.95. The third-order valence-electron chi connectivity index (χ3n) is 4.52. The zero-order valence-electron chi connectivity index (χ0n) is 15.0. The number of carbonyl (C=O) groups excluding carboxylic acids is 2. The monoisotopic (exact) mass is 348 g/mol. The smallest absolute Gasteiger partial charge is 0.329 e. The molecular formula is C19H28N2O4. The van der Waals surface area contributed by atoms with Crippen LogP contribution in [-0.4, -0.2) is 43.7 Å². The molecule has 25 heavy (non-hydrogen) atoms. The summed E-state index contributed by atoms with van der Waals surface area (Å²) in [5.74, 6) is 0.0849. The first-order chi connectivity index (χ1) is 12.0. The van der Waals surface area contributed by atoms with Crippen molar-refractivity contribution in [2.75, 3.05) is 20.3 Å². The lowest BCUT2D eigenvalue weighted by Crippen LogP contribution is -2.57. The van der Waals surface area contributed by atoms with E-state index in [1.807, 2.05) is 30.3 Å². The van der Waals surface area contributed by atoms with Crippen LogP contribution in [0.15, 0.2) is 30.3 Å². The van der Waals surface area contributed by atoms with Gasteiger partial charge in [-0.25, -0.2) is 4.79 Å². The SMILES string of the molecule is COC(=O)C(C)(COc1ccccc1)NCC(=O)NC1CCCCC1. The molecule has 1 amide bonds. The summed E-state index contributed by atoms with van der Waals surface area (Å²) in [6.45, 7) is 1.79. The summed E-state index contributed by atoms with van der Waals surface area (Å²) in [6, 6.07) is 9.47. The van der Waals surface area contributed by atoms with Crippen LogP contribution in [0.3, 0.4) is 0 Å². The van der Waals surface area contributed by atoms with Crippen molar-refractivity contribution in [3.05, 3.63) is 30.3 Å². The van der Waals surface area contributed by atoms with E-state index in [0.717, 1.165) is 25.7 Å². The lowest BCUT2D eigenvalue weighted by atomic mass is 9.95. The number of benzene rings is 1. The molecule has 6 nitrogen and oxygen atoms in total. The quantitative estimate of drug-likeness (QED) is 0.703. The normalized spacial score (nSPS) is 17.4. The molecule has 1 aliphatic carbocycles. The Bertz CT molecular complexity index is 558. The predicted molar refractivity (Wildman–Crippen MR) is 95.4 cm³/mol. The van der Waals surface area contributed by atoms with Crippen molar-refractivity contribution in [2.45, 2.75) is 50.6 Å². The van der Waals surface area contributed by atoms with Crippen molar-refractivity contribution in [1.29, 1.82) is 0 Å². The van der Waals surface area contributed by atoms with Crippen LogP contribution in [0.1, 0.15) is 39.0 Å². The lowest BCUT2D eigenvalue weighted by Gasteiger charge is -2.28. The number of methoxy groups -OCH3 is 1. The molecule has 2 N–H and O–H groups in total. The fourth-order valence-electron chi connectivity index (χ4n) is 2.95. The Kier molecular flexibility index (Phi) is 7.25. The highest BCUT2D eigenvalue weighted by Gasteiger charge is 2.36. The van der Waals surface area contributed by atoms with Crippen molar-refractivity contribution in [3.8, 4) is 5.75 Å². The van der Waals surface area contributed by atoms with Crippen LogP contribution in [0.2, 0.25) is 0 Å². The van der Waals surface area contributed by atoms with Gasteiger partial charge in [0.15, 0.2) is 0 Å². The van der Waals surface area contributed by atoms with Crippen LogP contribution in [-0.2, 0) is 14.3 Å². The van der Waals surface area contributed by atoms with Gasteiger partial charge in [0.1, 0.15) is 17.9 Å². The van der Waals surface area contributed by atoms with Crippen LogP contribution in [0, 0.1) is 0 Å². The molecule has 1 saturated carbocycles. The molecule has 1 fully saturated rings. The standard InChI is InChI=1S/C19H28N2O4/c1-19(18(23)24-2,14-25-16-11-7-4-8-12-16)20-13-17(22)21-15-9-5-3-6-10-15/h4,7-8,11-12,15,20H,3,5-6,9-10,13-14H2,1-2H3,(H,21,22). The predicted octanol–water partition coefficient (Wildman–Crippen LogP) is 2.04. The number of ether oxygens (including phenoxy) is 2. The number of amides is 1. The number of hydrogen-bond donors (Lipinski definition) is 2. The van der Waals surface area contributed by atoms with Crippen LogP contribution in [0.4, 0.5) is 0 Å². The third-order valence-corrected chi connectivity index (χ3v) is 4.52. The zero-order valence-corrected chi connectivity index (χ0v) is 15.0. The second-order valence-corrected chi connectivity index (χ2v) is 6.68. The maximum Gasteiger partial charge on any atom is 0.329 e. The van der Waals surface area contributed by atoms with Crippen LogP contribution < -0.4 is 15.4 Å². The summed E-state index contributed by atoms with van der Waals surface area (Å²) >= 11 is 0. The first kappa shape index (κ1) is 19.2. The molecule has 0 spiro atoms. The van der Waals surface area contributed by atoms with E-state index in [1.165, 1.54) is 13.5 Å². The average Bonchev–Trinajstić information content (AvgIpc) is 2.65. The second-order valence-electron chi connectivity index (χ2n) is 6.68. The summed E-state index contributed by atoms with van der Waals surface area (Å²) < 4.78 is 10.6. The van der Waals surface area contributed by atoms with E-state index in [4.69, 9.17) is 9.47 Å². The van der Waals surface area contributed by atoms with Crippen molar-refractivity contribution in [1.82, 2.24) is 10.6 Å². The fraction of sp³-hybridized carbons (Fsp3) is 0.579. The largest absolute Gasteiger partial charge is 0.491 e. The van der Waals surface area contributed by atoms with E-state index in [2.05, 4.69) is 10.6 Å². The lowest BCUT2D eigenvalue weighted by molar-refractivity contribution is -0.149. The van der Waals surface area contributed by atoms with Gasteiger partial charge in [0, 0.05) is 6.04 Å². The summed E-state index contributed by atoms with van der Waals surface area (Å²) in [7, 11) is 1.33. The van der Waals surface area contributed by atoms with E-state index >= 15 is 0 Å². The number of rotatable bonds is 8. The number of carbonyl (C=O) groups is 2. The van der Waals surface area contributed by atoms with Crippen molar-refractivity contribution in [3.63, 3.8) is 0 Å². The van der Waals surface area contributed by atoms with Crippen LogP contribution in [0.25, 0.3) is 0 Å².